The normalized spacial score (nSPS) is 5.30. The minimum Gasteiger partial charge on any atom is -0.359 e. The summed E-state index contributed by atoms with van der Waals surface area (Å²) in [6.45, 7) is 6.85. The summed E-state index contributed by atoms with van der Waals surface area (Å²) >= 11 is 0. The standard InChI is InChI=1S/C3H7NO.C3H8.C2H2/c1-2-4-3-5;1-3-2;1-2/h3H,2H2,1H3,(H,4,5);3H2,1-2H3;1-2H. The third kappa shape index (κ3) is 241. The molecule has 60 valence electrons. The van der Waals surface area contributed by atoms with Gasteiger partial charge >= 0.3 is 0 Å². The lowest BCUT2D eigenvalue weighted by Gasteiger charge is -1.78. The minimum absolute atomic E-state index is 0.681. The van der Waals surface area contributed by atoms with Crippen LogP contribution in [0.2, 0.25) is 0 Å². The zero-order chi connectivity index (χ0) is 8.83. The molecule has 0 aliphatic heterocycles. The molecule has 0 radical (unpaired) electrons. The van der Waals surface area contributed by atoms with Crippen LogP contribution in [0.5, 0.6) is 0 Å². The number of terminal acetylenes is 1. The van der Waals surface area contributed by atoms with Crippen molar-refractivity contribution in [1.29, 1.82) is 0 Å². The first-order chi connectivity index (χ1) is 4.83. The molecule has 0 saturated carbocycles. The molecule has 0 saturated heterocycles. The van der Waals surface area contributed by atoms with Crippen LogP contribution in [-0.4, -0.2) is 13.0 Å². The Labute approximate surface area is 64.0 Å². The Bertz CT molecular complexity index is 59.5. The average molecular weight is 143 g/mol. The highest BCUT2D eigenvalue weighted by Gasteiger charge is 1.59. The Morgan fingerprint density at radius 3 is 1.60 bits per heavy atom. The SMILES string of the molecule is C#C.CCC.CCNC=O. The van der Waals surface area contributed by atoms with E-state index < -0.39 is 0 Å². The fourth-order valence-corrected chi connectivity index (χ4v) is 0.0833. The molecule has 0 unspecified atom stereocenters. The molecule has 0 aliphatic rings. The third-order valence-corrected chi connectivity index (χ3v) is 0.287. The Morgan fingerprint density at radius 2 is 1.60 bits per heavy atom. The maximum atomic E-state index is 9.29. The Hall–Kier alpha value is -0.970. The second-order valence-electron chi connectivity index (χ2n) is 1.38. The molecule has 0 bridgehead atoms. The number of amides is 1. The molecule has 0 aromatic rings. The first-order valence-electron chi connectivity index (χ1n) is 3.33. The van der Waals surface area contributed by atoms with Gasteiger partial charge in [0.15, 0.2) is 0 Å². The van der Waals surface area contributed by atoms with Crippen molar-refractivity contribution in [3.63, 3.8) is 0 Å². The molecule has 0 aliphatic carbocycles. The maximum absolute atomic E-state index is 9.29. The van der Waals surface area contributed by atoms with Crippen molar-refractivity contribution in [2.45, 2.75) is 27.2 Å². The minimum atomic E-state index is 0.681. The van der Waals surface area contributed by atoms with Crippen molar-refractivity contribution in [3.8, 4) is 12.8 Å². The summed E-state index contributed by atoms with van der Waals surface area (Å²) in [5, 5.41) is 2.43. The summed E-state index contributed by atoms with van der Waals surface area (Å²) in [7, 11) is 0. The summed E-state index contributed by atoms with van der Waals surface area (Å²) in [5.74, 6) is 0. The molecule has 0 aromatic heterocycles. The van der Waals surface area contributed by atoms with Gasteiger partial charge in [0.05, 0.1) is 0 Å². The lowest BCUT2D eigenvalue weighted by Crippen LogP contribution is -2.07. The van der Waals surface area contributed by atoms with Crippen molar-refractivity contribution in [2.75, 3.05) is 6.54 Å². The molecule has 1 N–H and O–H groups in total. The molecule has 0 fully saturated rings. The van der Waals surface area contributed by atoms with Gasteiger partial charge in [-0.25, -0.2) is 0 Å². The van der Waals surface area contributed by atoms with Gasteiger partial charge in [0.2, 0.25) is 6.41 Å². The van der Waals surface area contributed by atoms with Crippen LogP contribution in [0.3, 0.4) is 0 Å². The van der Waals surface area contributed by atoms with Gasteiger partial charge < -0.3 is 5.32 Å². The molecule has 0 spiro atoms. The second kappa shape index (κ2) is 43.2. The highest BCUT2D eigenvalue weighted by atomic mass is 16.1. The van der Waals surface area contributed by atoms with Crippen LogP contribution >= 0.6 is 0 Å². The fraction of sp³-hybridized carbons (Fsp3) is 0.625. The van der Waals surface area contributed by atoms with Crippen LogP contribution in [0.25, 0.3) is 0 Å². The number of carbonyl (C=O) groups excluding carboxylic acids is 1. The third-order valence-electron chi connectivity index (χ3n) is 0.287. The molecule has 2 heteroatoms. The van der Waals surface area contributed by atoms with Gasteiger partial charge in [-0.05, 0) is 6.92 Å². The van der Waals surface area contributed by atoms with E-state index in [4.69, 9.17) is 0 Å². The maximum Gasteiger partial charge on any atom is 0.207 e. The topological polar surface area (TPSA) is 29.1 Å². The fourth-order valence-electron chi connectivity index (χ4n) is 0.0833. The molecule has 0 atom stereocenters. The van der Waals surface area contributed by atoms with Crippen molar-refractivity contribution in [3.05, 3.63) is 0 Å². The van der Waals surface area contributed by atoms with Crippen LogP contribution < -0.4 is 5.32 Å². The van der Waals surface area contributed by atoms with E-state index in [1.54, 1.807) is 0 Å². The van der Waals surface area contributed by atoms with Gasteiger partial charge in [-0.2, -0.15) is 0 Å². The monoisotopic (exact) mass is 143 g/mol. The smallest absolute Gasteiger partial charge is 0.207 e. The first kappa shape index (κ1) is 16.0. The van der Waals surface area contributed by atoms with Crippen LogP contribution in [-0.2, 0) is 4.79 Å². The van der Waals surface area contributed by atoms with Gasteiger partial charge in [0.25, 0.3) is 0 Å². The lowest BCUT2D eigenvalue weighted by molar-refractivity contribution is -0.109. The number of hydrogen-bond donors (Lipinski definition) is 1. The van der Waals surface area contributed by atoms with E-state index >= 15 is 0 Å². The molecule has 0 heterocycles. The van der Waals surface area contributed by atoms with E-state index in [2.05, 4.69) is 32.0 Å². The molecular formula is C8H17NO. The van der Waals surface area contributed by atoms with Crippen molar-refractivity contribution < 1.29 is 4.79 Å². The van der Waals surface area contributed by atoms with Gasteiger partial charge in [-0.1, -0.05) is 20.3 Å². The molecule has 1 amide bonds. The van der Waals surface area contributed by atoms with Gasteiger partial charge in [-0.15, -0.1) is 12.8 Å². The highest BCUT2D eigenvalue weighted by Crippen LogP contribution is 1.56. The van der Waals surface area contributed by atoms with E-state index in [0.717, 1.165) is 6.54 Å². The lowest BCUT2D eigenvalue weighted by atomic mass is 10.6. The number of carbonyl (C=O) groups is 1. The summed E-state index contributed by atoms with van der Waals surface area (Å²) in [6.07, 6.45) is 9.93. The summed E-state index contributed by atoms with van der Waals surface area (Å²) in [5.41, 5.74) is 0. The molecule has 0 aromatic carbocycles. The number of rotatable bonds is 2. The Balaban J connectivity index is -0.0000000847. The van der Waals surface area contributed by atoms with Gasteiger partial charge in [-0.3, -0.25) is 4.79 Å². The van der Waals surface area contributed by atoms with E-state index in [9.17, 15) is 4.79 Å². The highest BCUT2D eigenvalue weighted by molar-refractivity contribution is 5.45. The van der Waals surface area contributed by atoms with Gasteiger partial charge in [0, 0.05) is 6.54 Å². The van der Waals surface area contributed by atoms with Crippen molar-refractivity contribution in [2.24, 2.45) is 0 Å². The molecular weight excluding hydrogens is 126 g/mol. The summed E-state index contributed by atoms with van der Waals surface area (Å²) in [6, 6.07) is 0. The van der Waals surface area contributed by atoms with Crippen LogP contribution in [0.15, 0.2) is 0 Å². The quantitative estimate of drug-likeness (QED) is 0.459. The van der Waals surface area contributed by atoms with Crippen LogP contribution in [0, 0.1) is 12.8 Å². The predicted octanol–water partition coefficient (Wildman–Crippen LogP) is 1.42. The molecule has 10 heavy (non-hydrogen) atoms. The van der Waals surface area contributed by atoms with Crippen LogP contribution in [0.1, 0.15) is 27.2 Å². The van der Waals surface area contributed by atoms with Gasteiger partial charge in [0.1, 0.15) is 0 Å². The Morgan fingerprint density at radius 1 is 1.30 bits per heavy atom. The zero-order valence-corrected chi connectivity index (χ0v) is 7.05. The Kier molecular flexibility index (Phi) is 69.2. The van der Waals surface area contributed by atoms with Crippen molar-refractivity contribution in [1.82, 2.24) is 5.32 Å². The predicted molar refractivity (Wildman–Crippen MR) is 45.6 cm³/mol. The largest absolute Gasteiger partial charge is 0.359 e. The first-order valence-corrected chi connectivity index (χ1v) is 3.33. The van der Waals surface area contributed by atoms with Crippen molar-refractivity contribution >= 4 is 6.41 Å². The summed E-state index contributed by atoms with van der Waals surface area (Å²) in [4.78, 5) is 9.29. The van der Waals surface area contributed by atoms with E-state index in [1.165, 1.54) is 6.42 Å². The number of nitrogens with one attached hydrogen (secondary N) is 1. The molecule has 2 nitrogen and oxygen atoms in total. The molecule has 0 rings (SSSR count). The summed E-state index contributed by atoms with van der Waals surface area (Å²) < 4.78 is 0. The second-order valence-corrected chi connectivity index (χ2v) is 1.38. The van der Waals surface area contributed by atoms with E-state index in [0.29, 0.717) is 6.41 Å². The van der Waals surface area contributed by atoms with E-state index in [1.807, 2.05) is 6.92 Å². The van der Waals surface area contributed by atoms with E-state index in [-0.39, 0.29) is 0 Å². The average Bonchev–Trinajstić information content (AvgIpc) is 1.96. The zero-order valence-electron chi connectivity index (χ0n) is 7.05. The van der Waals surface area contributed by atoms with Crippen LogP contribution in [0.4, 0.5) is 0 Å². The number of hydrogen-bond acceptors (Lipinski definition) is 1.